The van der Waals surface area contributed by atoms with E-state index in [2.05, 4.69) is 5.32 Å². The van der Waals surface area contributed by atoms with E-state index in [9.17, 15) is 9.59 Å². The summed E-state index contributed by atoms with van der Waals surface area (Å²) in [5.41, 5.74) is 0.0820. The number of hydrogen-bond donors (Lipinski definition) is 2. The van der Waals surface area contributed by atoms with Crippen LogP contribution in [0.1, 0.15) is 35.2 Å². The number of hydrogen-bond acceptors (Lipinski definition) is 4. The quantitative estimate of drug-likeness (QED) is 0.798. The zero-order chi connectivity index (χ0) is 17.7. The maximum atomic E-state index is 12.3. The van der Waals surface area contributed by atoms with Crippen LogP contribution in [0.25, 0.3) is 0 Å². The van der Waals surface area contributed by atoms with Crippen LogP contribution in [-0.4, -0.2) is 23.1 Å². The Balaban J connectivity index is 1.98. The fraction of sp³-hybridized carbons (Fsp3) is 0.294. The lowest BCUT2D eigenvalue weighted by Gasteiger charge is -2.17. The lowest BCUT2D eigenvalue weighted by molar-refractivity contribution is -0.128. The fourth-order valence-electron chi connectivity index (χ4n) is 2.15. The molecular weight excluding hydrogens is 334 g/mol. The van der Waals surface area contributed by atoms with E-state index < -0.39 is 12.1 Å². The average Bonchev–Trinajstić information content (AvgIpc) is 2.93. The Morgan fingerprint density at radius 2 is 2.08 bits per heavy atom. The number of amides is 1. The van der Waals surface area contributed by atoms with Crippen LogP contribution in [0.2, 0.25) is 5.02 Å². The number of carboxylic acid groups (broad SMARTS) is 1. The highest BCUT2D eigenvalue weighted by Crippen LogP contribution is 2.25. The Bertz CT molecular complexity index is 740. The maximum absolute atomic E-state index is 12.3. The van der Waals surface area contributed by atoms with Crippen molar-refractivity contribution in [3.8, 4) is 5.75 Å². The Hall–Kier alpha value is -2.47. The SMILES string of the molecule is CCC(Oc1ccccc1Cl)C(=O)NCc1cc(C(=O)O)c(C)o1. The van der Waals surface area contributed by atoms with Crippen molar-refractivity contribution < 1.29 is 23.8 Å². The van der Waals surface area contributed by atoms with E-state index in [1.165, 1.54) is 6.07 Å². The van der Waals surface area contributed by atoms with Gasteiger partial charge in [0.1, 0.15) is 22.8 Å². The molecule has 0 saturated heterocycles. The highest BCUT2D eigenvalue weighted by molar-refractivity contribution is 6.32. The second-order valence-corrected chi connectivity index (χ2v) is 5.56. The van der Waals surface area contributed by atoms with Crippen molar-refractivity contribution in [1.82, 2.24) is 5.32 Å². The van der Waals surface area contributed by atoms with E-state index in [-0.39, 0.29) is 18.0 Å². The summed E-state index contributed by atoms with van der Waals surface area (Å²) >= 11 is 6.03. The van der Waals surface area contributed by atoms with Crippen LogP contribution >= 0.6 is 11.6 Å². The van der Waals surface area contributed by atoms with Gasteiger partial charge in [0.05, 0.1) is 11.6 Å². The first-order chi connectivity index (χ1) is 11.4. The first kappa shape index (κ1) is 17.9. The smallest absolute Gasteiger partial charge is 0.339 e. The number of aryl methyl sites for hydroxylation is 1. The number of furan rings is 1. The van der Waals surface area contributed by atoms with Crippen LogP contribution in [0.5, 0.6) is 5.75 Å². The molecule has 2 aromatic rings. The number of benzene rings is 1. The van der Waals surface area contributed by atoms with Crippen molar-refractivity contribution >= 4 is 23.5 Å². The van der Waals surface area contributed by atoms with Crippen LogP contribution in [0.4, 0.5) is 0 Å². The van der Waals surface area contributed by atoms with E-state index in [0.29, 0.717) is 28.7 Å². The van der Waals surface area contributed by atoms with Crippen LogP contribution in [0, 0.1) is 6.92 Å². The number of carbonyl (C=O) groups excluding carboxylic acids is 1. The normalized spacial score (nSPS) is 11.8. The summed E-state index contributed by atoms with van der Waals surface area (Å²) in [6.07, 6.45) is -0.255. The summed E-state index contributed by atoms with van der Waals surface area (Å²) in [7, 11) is 0. The van der Waals surface area contributed by atoms with Crippen molar-refractivity contribution in [3.05, 3.63) is 52.4 Å². The van der Waals surface area contributed by atoms with Gasteiger partial charge in [-0.15, -0.1) is 0 Å². The van der Waals surface area contributed by atoms with Crippen LogP contribution in [0.3, 0.4) is 0 Å². The number of halogens is 1. The highest BCUT2D eigenvalue weighted by Gasteiger charge is 2.20. The minimum Gasteiger partial charge on any atom is -0.479 e. The van der Waals surface area contributed by atoms with Gasteiger partial charge in [0.2, 0.25) is 0 Å². The molecule has 24 heavy (non-hydrogen) atoms. The van der Waals surface area contributed by atoms with Gasteiger partial charge in [-0.25, -0.2) is 4.79 Å². The second kappa shape index (κ2) is 7.88. The number of aromatic carboxylic acids is 1. The zero-order valence-electron chi connectivity index (χ0n) is 13.3. The van der Waals surface area contributed by atoms with Crippen molar-refractivity contribution in [2.24, 2.45) is 0 Å². The minimum absolute atomic E-state index is 0.0787. The number of ether oxygens (including phenoxy) is 1. The van der Waals surface area contributed by atoms with Crippen molar-refractivity contribution in [2.45, 2.75) is 32.9 Å². The molecule has 0 aliphatic rings. The molecule has 1 atom stereocenters. The molecule has 1 amide bonds. The second-order valence-electron chi connectivity index (χ2n) is 5.15. The molecule has 128 valence electrons. The molecule has 0 aliphatic carbocycles. The van der Waals surface area contributed by atoms with E-state index in [4.69, 9.17) is 25.9 Å². The zero-order valence-corrected chi connectivity index (χ0v) is 14.1. The van der Waals surface area contributed by atoms with Gasteiger partial charge < -0.3 is 19.6 Å². The molecular formula is C17H18ClNO5. The molecule has 1 aromatic heterocycles. The lowest BCUT2D eigenvalue weighted by Crippen LogP contribution is -2.37. The van der Waals surface area contributed by atoms with Gasteiger partial charge >= 0.3 is 5.97 Å². The van der Waals surface area contributed by atoms with Gasteiger partial charge in [0.25, 0.3) is 5.91 Å². The van der Waals surface area contributed by atoms with Gasteiger partial charge in [0, 0.05) is 0 Å². The molecule has 0 spiro atoms. The van der Waals surface area contributed by atoms with Crippen LogP contribution < -0.4 is 10.1 Å². The van der Waals surface area contributed by atoms with E-state index in [1.54, 1.807) is 31.2 Å². The summed E-state index contributed by atoms with van der Waals surface area (Å²) in [6, 6.07) is 8.31. The Morgan fingerprint density at radius 3 is 2.67 bits per heavy atom. The Kier molecular flexibility index (Phi) is 5.87. The number of carbonyl (C=O) groups is 2. The highest BCUT2D eigenvalue weighted by atomic mass is 35.5. The molecule has 7 heteroatoms. The van der Waals surface area contributed by atoms with Crippen molar-refractivity contribution in [3.63, 3.8) is 0 Å². The molecule has 2 rings (SSSR count). The predicted molar refractivity (Wildman–Crippen MR) is 88.4 cm³/mol. The largest absolute Gasteiger partial charge is 0.479 e. The third-order valence-corrected chi connectivity index (χ3v) is 3.72. The first-order valence-electron chi connectivity index (χ1n) is 7.43. The monoisotopic (exact) mass is 351 g/mol. The summed E-state index contributed by atoms with van der Waals surface area (Å²) in [6.45, 7) is 3.46. The fourth-order valence-corrected chi connectivity index (χ4v) is 2.33. The van der Waals surface area contributed by atoms with Crippen molar-refractivity contribution in [1.29, 1.82) is 0 Å². The molecule has 0 bridgehead atoms. The number of para-hydroxylation sites is 1. The van der Waals surface area contributed by atoms with Gasteiger partial charge in [-0.2, -0.15) is 0 Å². The molecule has 0 saturated carbocycles. The third kappa shape index (κ3) is 4.29. The molecule has 0 radical (unpaired) electrons. The Morgan fingerprint density at radius 1 is 1.38 bits per heavy atom. The molecule has 1 aromatic carbocycles. The molecule has 0 aliphatic heterocycles. The standard InChI is InChI=1S/C17H18ClNO5/c1-3-14(24-15-7-5-4-6-13(15)18)16(20)19-9-11-8-12(17(21)22)10(2)23-11/h4-8,14H,3,9H2,1-2H3,(H,19,20)(H,21,22). The summed E-state index contributed by atoms with van der Waals surface area (Å²) in [4.78, 5) is 23.2. The number of nitrogens with one attached hydrogen (secondary N) is 1. The van der Waals surface area contributed by atoms with Crippen LogP contribution in [0.15, 0.2) is 34.7 Å². The lowest BCUT2D eigenvalue weighted by atomic mass is 10.2. The molecule has 1 unspecified atom stereocenters. The number of carboxylic acids is 1. The van der Waals surface area contributed by atoms with E-state index in [0.717, 1.165) is 0 Å². The number of rotatable bonds is 7. The molecule has 2 N–H and O–H groups in total. The average molecular weight is 352 g/mol. The first-order valence-corrected chi connectivity index (χ1v) is 7.81. The summed E-state index contributed by atoms with van der Waals surface area (Å²) in [5.74, 6) is -0.300. The van der Waals surface area contributed by atoms with Gasteiger partial charge in [0.15, 0.2) is 6.10 Å². The summed E-state index contributed by atoms with van der Waals surface area (Å²) in [5, 5.41) is 12.1. The van der Waals surface area contributed by atoms with Crippen LogP contribution in [-0.2, 0) is 11.3 Å². The molecule has 6 nitrogen and oxygen atoms in total. The maximum Gasteiger partial charge on any atom is 0.339 e. The Labute approximate surface area is 144 Å². The topological polar surface area (TPSA) is 88.8 Å². The third-order valence-electron chi connectivity index (χ3n) is 3.41. The molecule has 0 fully saturated rings. The minimum atomic E-state index is -1.07. The van der Waals surface area contributed by atoms with E-state index >= 15 is 0 Å². The van der Waals surface area contributed by atoms with Gasteiger partial charge in [-0.05, 0) is 31.5 Å². The van der Waals surface area contributed by atoms with Crippen molar-refractivity contribution in [2.75, 3.05) is 0 Å². The van der Waals surface area contributed by atoms with Gasteiger partial charge in [-0.3, -0.25) is 4.79 Å². The molecule has 1 heterocycles. The van der Waals surface area contributed by atoms with Gasteiger partial charge in [-0.1, -0.05) is 30.7 Å². The summed E-state index contributed by atoms with van der Waals surface area (Å²) < 4.78 is 11.0. The van der Waals surface area contributed by atoms with E-state index in [1.807, 2.05) is 6.92 Å². The predicted octanol–water partition coefficient (Wildman–Crippen LogP) is 3.41.